The van der Waals surface area contributed by atoms with E-state index in [9.17, 15) is 4.79 Å². The lowest BCUT2D eigenvalue weighted by Crippen LogP contribution is -2.42. The van der Waals surface area contributed by atoms with Gasteiger partial charge in [-0.05, 0) is 31.0 Å². The van der Waals surface area contributed by atoms with Crippen LogP contribution in [0.5, 0.6) is 0 Å². The summed E-state index contributed by atoms with van der Waals surface area (Å²) in [7, 11) is 1.88. The van der Waals surface area contributed by atoms with E-state index in [1.807, 2.05) is 60.5 Å². The molecule has 0 radical (unpaired) electrons. The molecule has 1 aliphatic rings. The van der Waals surface area contributed by atoms with Crippen molar-refractivity contribution in [2.45, 2.75) is 25.0 Å². The molecule has 6 nitrogen and oxygen atoms in total. The van der Waals surface area contributed by atoms with Gasteiger partial charge < -0.3 is 14.5 Å². The number of amides is 1. The fourth-order valence-corrected chi connectivity index (χ4v) is 3.28. The fourth-order valence-electron chi connectivity index (χ4n) is 3.28. The molecule has 4 rings (SSSR count). The van der Waals surface area contributed by atoms with Crippen molar-refractivity contribution in [3.8, 4) is 0 Å². The maximum Gasteiger partial charge on any atom is 0.253 e. The summed E-state index contributed by atoms with van der Waals surface area (Å²) in [6.07, 6.45) is 9.25. The molecular formula is C18H20N4O2. The predicted octanol–water partition coefficient (Wildman–Crippen LogP) is 2.32. The molecule has 1 saturated heterocycles. The van der Waals surface area contributed by atoms with Crippen molar-refractivity contribution < 1.29 is 9.53 Å². The zero-order chi connectivity index (χ0) is 16.5. The van der Waals surface area contributed by atoms with Crippen molar-refractivity contribution in [1.29, 1.82) is 0 Å². The maximum atomic E-state index is 12.7. The summed E-state index contributed by atoms with van der Waals surface area (Å²) in [4.78, 5) is 12.7. The quantitative estimate of drug-likeness (QED) is 0.804. The second-order valence-electron chi connectivity index (χ2n) is 6.22. The topological polar surface area (TPSA) is 60.6 Å². The van der Waals surface area contributed by atoms with Crippen LogP contribution in [-0.4, -0.2) is 32.7 Å². The molecule has 3 aromatic heterocycles. The summed E-state index contributed by atoms with van der Waals surface area (Å²) >= 11 is 0. The van der Waals surface area contributed by atoms with Gasteiger partial charge in [0, 0.05) is 43.3 Å². The lowest BCUT2D eigenvalue weighted by molar-refractivity contribution is -0.00949. The van der Waals surface area contributed by atoms with Crippen LogP contribution in [0.2, 0.25) is 0 Å². The largest absolute Gasteiger partial charge is 0.371 e. The Balaban J connectivity index is 1.54. The van der Waals surface area contributed by atoms with Crippen molar-refractivity contribution in [2.75, 3.05) is 6.61 Å². The molecule has 0 bridgehead atoms. The van der Waals surface area contributed by atoms with E-state index in [1.165, 1.54) is 0 Å². The molecule has 0 aromatic carbocycles. The first-order valence-electron chi connectivity index (χ1n) is 8.18. The van der Waals surface area contributed by atoms with Gasteiger partial charge in [0.15, 0.2) is 0 Å². The van der Waals surface area contributed by atoms with Crippen molar-refractivity contribution >= 4 is 11.4 Å². The van der Waals surface area contributed by atoms with Gasteiger partial charge in [0.1, 0.15) is 6.10 Å². The van der Waals surface area contributed by atoms with Crippen LogP contribution >= 0.6 is 0 Å². The van der Waals surface area contributed by atoms with E-state index in [0.717, 1.165) is 23.9 Å². The van der Waals surface area contributed by atoms with Crippen LogP contribution in [0, 0.1) is 0 Å². The molecule has 6 heteroatoms. The van der Waals surface area contributed by atoms with Gasteiger partial charge in [0.05, 0.1) is 17.8 Å². The number of aryl methyl sites for hydroxylation is 1. The number of nitrogens with one attached hydrogen (secondary N) is 1. The molecule has 1 aliphatic heterocycles. The summed E-state index contributed by atoms with van der Waals surface area (Å²) in [6.45, 7) is 0.710. The van der Waals surface area contributed by atoms with Gasteiger partial charge in [-0.25, -0.2) is 0 Å². The smallest absolute Gasteiger partial charge is 0.253 e. The third-order valence-corrected chi connectivity index (χ3v) is 4.46. The Labute approximate surface area is 140 Å². The summed E-state index contributed by atoms with van der Waals surface area (Å²) in [5.41, 5.74) is 2.67. The molecule has 124 valence electrons. The molecule has 1 fully saturated rings. The Bertz CT molecular complexity index is 834. The first kappa shape index (κ1) is 15.0. The van der Waals surface area contributed by atoms with Crippen LogP contribution in [0.1, 0.15) is 34.9 Å². The van der Waals surface area contributed by atoms with E-state index < -0.39 is 0 Å². The number of rotatable bonds is 3. The van der Waals surface area contributed by atoms with E-state index in [2.05, 4.69) is 10.4 Å². The number of hydrogen-bond donors (Lipinski definition) is 1. The monoisotopic (exact) mass is 324 g/mol. The van der Waals surface area contributed by atoms with Crippen molar-refractivity contribution in [2.24, 2.45) is 7.05 Å². The zero-order valence-electron chi connectivity index (χ0n) is 13.6. The van der Waals surface area contributed by atoms with Gasteiger partial charge in [-0.2, -0.15) is 5.10 Å². The molecule has 0 spiro atoms. The first-order chi connectivity index (χ1) is 11.7. The average Bonchev–Trinajstić information content (AvgIpc) is 3.21. The zero-order valence-corrected chi connectivity index (χ0v) is 13.6. The molecule has 1 N–H and O–H groups in total. The predicted molar refractivity (Wildman–Crippen MR) is 89.8 cm³/mol. The highest BCUT2D eigenvalue weighted by Crippen LogP contribution is 2.28. The third-order valence-electron chi connectivity index (χ3n) is 4.46. The van der Waals surface area contributed by atoms with E-state index >= 15 is 0 Å². The van der Waals surface area contributed by atoms with Gasteiger partial charge in [-0.15, -0.1) is 0 Å². The Kier molecular flexibility index (Phi) is 3.82. The summed E-state index contributed by atoms with van der Waals surface area (Å²) in [6, 6.07) is 7.75. The molecule has 2 atom stereocenters. The minimum Gasteiger partial charge on any atom is -0.371 e. The molecular weight excluding hydrogens is 304 g/mol. The Morgan fingerprint density at radius 1 is 1.38 bits per heavy atom. The standard InChI is InChI=1S/C18H20N4O2/c1-21-11-14(10-19-21)17-16(6-4-8-24-17)20-18(23)13-9-15-5-2-3-7-22(15)12-13/h2-3,5,7,9-12,16-17H,4,6,8H2,1H3,(H,20,23)/t16-,17+/m0/s1. The highest BCUT2D eigenvalue weighted by atomic mass is 16.5. The third kappa shape index (κ3) is 2.80. The van der Waals surface area contributed by atoms with E-state index in [1.54, 1.807) is 4.68 Å². The fraction of sp³-hybridized carbons (Fsp3) is 0.333. The molecule has 3 aromatic rings. The van der Waals surface area contributed by atoms with E-state index in [0.29, 0.717) is 12.2 Å². The number of carbonyl (C=O) groups is 1. The Morgan fingerprint density at radius 3 is 3.08 bits per heavy atom. The number of carbonyl (C=O) groups excluding carboxylic acids is 1. The highest BCUT2D eigenvalue weighted by molar-refractivity contribution is 5.95. The van der Waals surface area contributed by atoms with Crippen LogP contribution < -0.4 is 5.32 Å². The number of ether oxygens (including phenoxy) is 1. The van der Waals surface area contributed by atoms with Crippen molar-refractivity contribution in [3.05, 3.63) is 60.2 Å². The Morgan fingerprint density at radius 2 is 2.29 bits per heavy atom. The lowest BCUT2D eigenvalue weighted by atomic mass is 9.98. The van der Waals surface area contributed by atoms with Crippen molar-refractivity contribution in [1.82, 2.24) is 19.5 Å². The highest BCUT2D eigenvalue weighted by Gasteiger charge is 2.30. The van der Waals surface area contributed by atoms with Gasteiger partial charge >= 0.3 is 0 Å². The molecule has 0 saturated carbocycles. The number of fused-ring (bicyclic) bond motifs is 1. The number of hydrogen-bond acceptors (Lipinski definition) is 3. The summed E-state index contributed by atoms with van der Waals surface area (Å²) in [5.74, 6) is -0.0666. The maximum absolute atomic E-state index is 12.7. The lowest BCUT2D eigenvalue weighted by Gasteiger charge is -2.31. The van der Waals surface area contributed by atoms with Crippen LogP contribution in [0.25, 0.3) is 5.52 Å². The number of aromatic nitrogens is 3. The molecule has 24 heavy (non-hydrogen) atoms. The van der Waals surface area contributed by atoms with Gasteiger partial charge in [-0.1, -0.05) is 6.07 Å². The number of pyridine rings is 1. The minimum atomic E-state index is -0.145. The number of nitrogens with zero attached hydrogens (tertiary/aromatic N) is 3. The van der Waals surface area contributed by atoms with E-state index in [4.69, 9.17) is 4.74 Å². The molecule has 4 heterocycles. The minimum absolute atomic E-state index is 0.0431. The molecule has 0 aliphatic carbocycles. The van der Waals surface area contributed by atoms with E-state index in [-0.39, 0.29) is 18.1 Å². The average molecular weight is 324 g/mol. The van der Waals surface area contributed by atoms with Crippen molar-refractivity contribution in [3.63, 3.8) is 0 Å². The molecule has 1 amide bonds. The molecule has 0 unspecified atom stereocenters. The Hall–Kier alpha value is -2.60. The summed E-state index contributed by atoms with van der Waals surface area (Å²) in [5, 5.41) is 7.35. The first-order valence-corrected chi connectivity index (χ1v) is 8.18. The second-order valence-corrected chi connectivity index (χ2v) is 6.22. The van der Waals surface area contributed by atoms with Gasteiger partial charge in [0.25, 0.3) is 5.91 Å². The van der Waals surface area contributed by atoms with Crippen LogP contribution in [0.4, 0.5) is 0 Å². The van der Waals surface area contributed by atoms with Gasteiger partial charge in [-0.3, -0.25) is 9.48 Å². The second kappa shape index (κ2) is 6.13. The normalized spacial score (nSPS) is 21.0. The summed E-state index contributed by atoms with van der Waals surface area (Å²) < 4.78 is 9.62. The van der Waals surface area contributed by atoms with Crippen LogP contribution in [-0.2, 0) is 11.8 Å². The van der Waals surface area contributed by atoms with Crippen LogP contribution in [0.15, 0.2) is 49.1 Å². The van der Waals surface area contributed by atoms with Gasteiger partial charge in [0.2, 0.25) is 0 Å². The SMILES string of the molecule is Cn1cc([C@H]2OCCC[C@@H]2NC(=O)c2cc3ccccn3c2)cn1. The van der Waals surface area contributed by atoms with Crippen LogP contribution in [0.3, 0.4) is 0 Å².